The van der Waals surface area contributed by atoms with Crippen LogP contribution < -0.4 is 5.73 Å². The van der Waals surface area contributed by atoms with E-state index in [1.54, 1.807) is 48.5 Å². The third-order valence-corrected chi connectivity index (χ3v) is 13.5. The Morgan fingerprint density at radius 2 is 0.500 bits per heavy atom. The second-order valence-corrected chi connectivity index (χ2v) is 20.5. The smallest absolute Gasteiger partial charge is 0.242 e. The summed E-state index contributed by atoms with van der Waals surface area (Å²) in [5, 5.41) is 41.8. The third kappa shape index (κ3) is 24.7. The number of primary amides is 1. The number of rotatable bonds is 36. The van der Waals surface area contributed by atoms with Crippen LogP contribution in [0.15, 0.2) is 0 Å². The fourth-order valence-electron chi connectivity index (χ4n) is 8.10. The highest BCUT2D eigenvalue weighted by Crippen LogP contribution is 2.15. The standard InChI is InChI=1S/C52H96N10O14/c1-16-34(6)58(43(15)67)32-51(75)60(36(8)18-3)30-47(71)54(21-39(11)63)27-46(70)57(24-42(14)66)29-50(74)62(38(10)20-5)33-52(76)61(37(9)19-4)31-48(72)55(22-40(12)64)26-45(69)56(23-41(13)65)28-49(73)59(25-44(53)68)35(7)17-2/h34-42,63-66H,16-33H2,1-15H3,(H2,53,68). The highest BCUT2D eigenvalue weighted by Gasteiger charge is 2.35. The minimum Gasteiger partial charge on any atom is -0.392 e. The number of aliphatic hydroxyl groups is 4. The summed E-state index contributed by atoms with van der Waals surface area (Å²) in [4.78, 5) is 147. The van der Waals surface area contributed by atoms with Gasteiger partial charge in [0.15, 0.2) is 0 Å². The van der Waals surface area contributed by atoms with Gasteiger partial charge in [0.1, 0.15) is 26.2 Å². The Labute approximate surface area is 451 Å². The normalized spacial score (nSPS) is 14.8. The van der Waals surface area contributed by atoms with Crippen molar-refractivity contribution in [2.45, 2.75) is 191 Å². The number of aliphatic hydroxyl groups excluding tert-OH is 4. The molecule has 0 rings (SSSR count). The van der Waals surface area contributed by atoms with Crippen LogP contribution in [0, 0.1) is 0 Å². The first kappa shape index (κ1) is 70.5. The van der Waals surface area contributed by atoms with E-state index in [0.717, 1.165) is 19.6 Å². The van der Waals surface area contributed by atoms with Gasteiger partial charge in [0.25, 0.3) is 0 Å². The van der Waals surface area contributed by atoms with Crippen LogP contribution in [-0.2, 0) is 47.9 Å². The lowest BCUT2D eigenvalue weighted by Crippen LogP contribution is -2.56. The first-order valence-electron chi connectivity index (χ1n) is 26.9. The van der Waals surface area contributed by atoms with Gasteiger partial charge < -0.3 is 70.3 Å². The van der Waals surface area contributed by atoms with Crippen LogP contribution in [0.1, 0.15) is 136 Å². The van der Waals surface area contributed by atoms with E-state index in [4.69, 9.17) is 5.73 Å². The van der Waals surface area contributed by atoms with E-state index in [1.165, 1.54) is 59.1 Å². The number of carbonyl (C=O) groups excluding carboxylic acids is 10. The molecule has 24 heteroatoms. The van der Waals surface area contributed by atoms with E-state index in [9.17, 15) is 68.4 Å². The van der Waals surface area contributed by atoms with E-state index in [2.05, 4.69) is 0 Å². The van der Waals surface area contributed by atoms with E-state index < -0.39 is 154 Å². The molecule has 9 unspecified atom stereocenters. The predicted octanol–water partition coefficient (Wildman–Crippen LogP) is -0.535. The van der Waals surface area contributed by atoms with Crippen LogP contribution in [0.4, 0.5) is 0 Å². The Hall–Kier alpha value is -5.46. The highest BCUT2D eigenvalue weighted by atomic mass is 16.3. The SMILES string of the molecule is CCC(C)N(CC(=O)N(CC(=O)N(CC(=O)N(CC(=O)N(CC(=O)N(CC(=O)N(CC(=O)N(CC(=O)N(CC(N)=O)C(C)CC)CC(C)O)CC(C)O)C(C)CC)C(C)CC)CC(C)O)CC(C)O)C(C)CC)C(C)=O. The summed E-state index contributed by atoms with van der Waals surface area (Å²) in [7, 11) is 0. The van der Waals surface area contributed by atoms with Gasteiger partial charge >= 0.3 is 0 Å². The van der Waals surface area contributed by atoms with Crippen molar-refractivity contribution in [3.8, 4) is 0 Å². The van der Waals surface area contributed by atoms with Crippen molar-refractivity contribution in [1.82, 2.24) is 44.1 Å². The quantitative estimate of drug-likeness (QED) is 0.0527. The summed E-state index contributed by atoms with van der Waals surface area (Å²) in [6.45, 7) is 18.4. The fourth-order valence-corrected chi connectivity index (χ4v) is 8.10. The Bertz CT molecular complexity index is 1900. The maximum Gasteiger partial charge on any atom is 0.242 e. The van der Waals surface area contributed by atoms with Crippen LogP contribution in [0.2, 0.25) is 0 Å². The molecule has 0 fully saturated rings. The van der Waals surface area contributed by atoms with Crippen molar-refractivity contribution in [3.05, 3.63) is 0 Å². The number of nitrogens with zero attached hydrogens (tertiary/aromatic N) is 9. The van der Waals surface area contributed by atoms with Crippen molar-refractivity contribution >= 4 is 59.1 Å². The Balaban J connectivity index is 6.83. The van der Waals surface area contributed by atoms with Gasteiger partial charge in [0.05, 0.1) is 57.1 Å². The molecule has 24 nitrogen and oxygen atoms in total. The number of carbonyl (C=O) groups is 10. The average molecular weight is 1090 g/mol. The monoisotopic (exact) mass is 1080 g/mol. The topological polar surface area (TPSA) is 307 Å². The van der Waals surface area contributed by atoms with Crippen molar-refractivity contribution in [2.75, 3.05) is 85.1 Å². The third-order valence-electron chi connectivity index (χ3n) is 13.5. The van der Waals surface area contributed by atoms with Gasteiger partial charge in [0.2, 0.25) is 59.1 Å². The van der Waals surface area contributed by atoms with Gasteiger partial charge in [-0.1, -0.05) is 34.6 Å². The second kappa shape index (κ2) is 35.1. The molecule has 0 aliphatic heterocycles. The van der Waals surface area contributed by atoms with Crippen LogP contribution in [-0.4, -0.2) is 263 Å². The molecule has 0 saturated carbocycles. The van der Waals surface area contributed by atoms with Crippen LogP contribution >= 0.6 is 0 Å². The molecule has 0 spiro atoms. The largest absolute Gasteiger partial charge is 0.392 e. The Kier molecular flexibility index (Phi) is 32.5. The number of hydrogen-bond donors (Lipinski definition) is 5. The summed E-state index contributed by atoms with van der Waals surface area (Å²) in [6, 6.07) is -2.32. The van der Waals surface area contributed by atoms with Gasteiger partial charge in [-0.15, -0.1) is 0 Å². The molecule has 0 bridgehead atoms. The van der Waals surface area contributed by atoms with Gasteiger partial charge in [-0.2, -0.15) is 0 Å². The first-order valence-corrected chi connectivity index (χ1v) is 26.9. The summed E-state index contributed by atoms with van der Waals surface area (Å²) in [6.07, 6.45) is -2.32. The van der Waals surface area contributed by atoms with Crippen LogP contribution in [0.5, 0.6) is 0 Å². The first-order chi connectivity index (χ1) is 35.3. The molecule has 9 atom stereocenters. The fraction of sp³-hybridized carbons (Fsp3) is 0.808. The number of nitrogens with two attached hydrogens (primary N) is 1. The van der Waals surface area contributed by atoms with Gasteiger partial charge in [0, 0.05) is 63.3 Å². The maximum absolute atomic E-state index is 14.4. The maximum atomic E-state index is 14.4. The Morgan fingerprint density at radius 1 is 0.316 bits per heavy atom. The van der Waals surface area contributed by atoms with Crippen molar-refractivity contribution in [3.63, 3.8) is 0 Å². The van der Waals surface area contributed by atoms with Gasteiger partial charge in [-0.05, 0) is 94.4 Å². The van der Waals surface area contributed by atoms with Gasteiger partial charge in [-0.25, -0.2) is 0 Å². The summed E-state index contributed by atoms with van der Waals surface area (Å²) >= 11 is 0. The van der Waals surface area contributed by atoms with Crippen molar-refractivity contribution in [2.24, 2.45) is 5.73 Å². The molecular weight excluding hydrogens is 989 g/mol. The molecule has 0 saturated heterocycles. The molecule has 0 aromatic carbocycles. The lowest BCUT2D eigenvalue weighted by molar-refractivity contribution is -0.151. The predicted molar refractivity (Wildman–Crippen MR) is 285 cm³/mol. The van der Waals surface area contributed by atoms with E-state index in [1.807, 2.05) is 20.8 Å². The van der Waals surface area contributed by atoms with E-state index >= 15 is 0 Å². The second-order valence-electron chi connectivity index (χ2n) is 20.5. The van der Waals surface area contributed by atoms with E-state index in [-0.39, 0.29) is 44.7 Å². The summed E-state index contributed by atoms with van der Waals surface area (Å²) < 4.78 is 0. The summed E-state index contributed by atoms with van der Waals surface area (Å²) in [5.41, 5.74) is 5.40. The average Bonchev–Trinajstić information content (AvgIpc) is 3.33. The molecular formula is C52H96N10O14. The zero-order valence-corrected chi connectivity index (χ0v) is 48.4. The molecule has 0 heterocycles. The molecule has 10 amide bonds. The molecule has 6 N–H and O–H groups in total. The molecule has 0 aliphatic rings. The lowest BCUT2D eigenvalue weighted by Gasteiger charge is -2.36. The minimum absolute atomic E-state index is 0.252. The zero-order chi connectivity index (χ0) is 58.9. The molecule has 438 valence electrons. The molecule has 0 radical (unpaired) electrons. The number of amides is 10. The molecule has 0 aromatic rings. The summed E-state index contributed by atoms with van der Waals surface area (Å²) in [5.74, 6) is -6.56. The van der Waals surface area contributed by atoms with Gasteiger partial charge in [-0.3, -0.25) is 47.9 Å². The Morgan fingerprint density at radius 3 is 0.724 bits per heavy atom. The van der Waals surface area contributed by atoms with Crippen LogP contribution in [0.3, 0.4) is 0 Å². The van der Waals surface area contributed by atoms with Crippen LogP contribution in [0.25, 0.3) is 0 Å². The van der Waals surface area contributed by atoms with E-state index in [0.29, 0.717) is 32.1 Å². The molecule has 76 heavy (non-hydrogen) atoms. The highest BCUT2D eigenvalue weighted by molar-refractivity contribution is 5.94. The van der Waals surface area contributed by atoms with Crippen molar-refractivity contribution < 1.29 is 68.4 Å². The molecule has 0 aliphatic carbocycles. The zero-order valence-electron chi connectivity index (χ0n) is 48.4. The minimum atomic E-state index is -1.16. The lowest BCUT2D eigenvalue weighted by atomic mass is 10.1. The number of hydrogen-bond acceptors (Lipinski definition) is 14. The molecule has 0 aromatic heterocycles. The van der Waals surface area contributed by atoms with Crippen molar-refractivity contribution in [1.29, 1.82) is 0 Å².